The van der Waals surface area contributed by atoms with E-state index in [1.54, 1.807) is 0 Å². The van der Waals surface area contributed by atoms with Crippen LogP contribution >= 0.6 is 0 Å². The molecular weight excluding hydrogens is 422 g/mol. The Bertz CT molecular complexity index is 1220. The van der Waals surface area contributed by atoms with E-state index < -0.39 is 34.7 Å². The van der Waals surface area contributed by atoms with Gasteiger partial charge < -0.3 is 14.6 Å². The summed E-state index contributed by atoms with van der Waals surface area (Å²) in [6.45, 7) is 0. The molecule has 0 spiro atoms. The van der Waals surface area contributed by atoms with Crippen LogP contribution in [0.25, 0.3) is 11.6 Å². The number of halogens is 4. The van der Waals surface area contributed by atoms with Crippen LogP contribution in [0, 0.1) is 23.3 Å². The molecule has 0 saturated carbocycles. The van der Waals surface area contributed by atoms with Gasteiger partial charge in [-0.15, -0.1) is 0 Å². The zero-order valence-electron chi connectivity index (χ0n) is 15.1. The Hall–Kier alpha value is -4.35. The largest absolute Gasteiger partial charge is 0.439 e. The van der Waals surface area contributed by atoms with Crippen molar-refractivity contribution in [2.24, 2.45) is 0 Å². The maximum Gasteiger partial charge on any atom is 0.261 e. The summed E-state index contributed by atoms with van der Waals surface area (Å²) in [6.07, 6.45) is 2.54. The van der Waals surface area contributed by atoms with Crippen molar-refractivity contribution in [1.29, 1.82) is 0 Å². The monoisotopic (exact) mass is 431 g/mol. The van der Waals surface area contributed by atoms with E-state index in [-0.39, 0.29) is 29.3 Å². The van der Waals surface area contributed by atoms with E-state index in [9.17, 15) is 22.4 Å². The van der Waals surface area contributed by atoms with Crippen molar-refractivity contribution in [2.75, 3.05) is 5.32 Å². The van der Waals surface area contributed by atoms with Crippen molar-refractivity contribution in [3.8, 4) is 23.3 Å². The van der Waals surface area contributed by atoms with Gasteiger partial charge in [0.1, 0.15) is 11.3 Å². The van der Waals surface area contributed by atoms with Gasteiger partial charge in [0.2, 0.25) is 23.9 Å². The minimum atomic E-state index is -1.79. The van der Waals surface area contributed by atoms with Crippen LogP contribution in [-0.2, 0) is 0 Å². The van der Waals surface area contributed by atoms with Gasteiger partial charge in [-0.3, -0.25) is 4.79 Å². The third-order valence-electron chi connectivity index (χ3n) is 3.86. The van der Waals surface area contributed by atoms with Crippen molar-refractivity contribution in [1.82, 2.24) is 20.1 Å². The van der Waals surface area contributed by atoms with Gasteiger partial charge in [0.05, 0.1) is 0 Å². The second-order valence-electron chi connectivity index (χ2n) is 5.90. The molecule has 2 aromatic heterocycles. The molecule has 4 aromatic rings. The molecule has 0 radical (unpaired) electrons. The van der Waals surface area contributed by atoms with Crippen LogP contribution in [0.4, 0.5) is 23.2 Å². The fraction of sp³-hybridized carbons (Fsp3) is 0. The fourth-order valence-corrected chi connectivity index (χ4v) is 2.47. The molecule has 0 aliphatic carbocycles. The summed E-state index contributed by atoms with van der Waals surface area (Å²) < 4.78 is 64.3. The Labute approximate surface area is 170 Å². The van der Waals surface area contributed by atoms with Crippen LogP contribution in [0.5, 0.6) is 11.6 Å². The molecule has 31 heavy (non-hydrogen) atoms. The third-order valence-corrected chi connectivity index (χ3v) is 3.86. The van der Waals surface area contributed by atoms with Gasteiger partial charge in [0.25, 0.3) is 5.91 Å². The predicted octanol–water partition coefficient (Wildman–Crippen LogP) is 4.13. The van der Waals surface area contributed by atoms with Crippen LogP contribution in [0.3, 0.4) is 0 Å². The number of aromatic nitrogens is 4. The average Bonchev–Trinajstić information content (AvgIpc) is 3.29. The highest BCUT2D eigenvalue weighted by Gasteiger charge is 2.24. The first-order chi connectivity index (χ1) is 14.9. The average molecular weight is 431 g/mol. The smallest absolute Gasteiger partial charge is 0.261 e. The number of nitrogens with one attached hydrogen (secondary N) is 1. The highest BCUT2D eigenvalue weighted by Crippen LogP contribution is 2.24. The molecule has 0 fully saturated rings. The predicted molar refractivity (Wildman–Crippen MR) is 96.1 cm³/mol. The Morgan fingerprint density at radius 1 is 0.935 bits per heavy atom. The first kappa shape index (κ1) is 19.9. The number of amides is 1. The van der Waals surface area contributed by atoms with Crippen LogP contribution in [0.15, 0.2) is 53.5 Å². The quantitative estimate of drug-likeness (QED) is 0.374. The fourth-order valence-electron chi connectivity index (χ4n) is 2.47. The molecule has 1 amide bonds. The minimum absolute atomic E-state index is 0.0187. The number of rotatable bonds is 5. The number of carbonyl (C=O) groups excluding carboxylic acids is 1. The molecule has 0 bridgehead atoms. The van der Waals surface area contributed by atoms with Crippen LogP contribution in [0.1, 0.15) is 10.4 Å². The van der Waals surface area contributed by atoms with Crippen molar-refractivity contribution in [3.63, 3.8) is 0 Å². The zero-order chi connectivity index (χ0) is 22.0. The summed E-state index contributed by atoms with van der Waals surface area (Å²) in [4.78, 5) is 24.0. The Balaban J connectivity index is 1.48. The van der Waals surface area contributed by atoms with Gasteiger partial charge in [-0.1, -0.05) is 5.16 Å². The van der Waals surface area contributed by atoms with E-state index >= 15 is 0 Å². The van der Waals surface area contributed by atoms with E-state index in [0.29, 0.717) is 5.75 Å². The molecule has 2 aromatic carbocycles. The van der Waals surface area contributed by atoms with Gasteiger partial charge in [0, 0.05) is 24.0 Å². The van der Waals surface area contributed by atoms with E-state index in [0.717, 1.165) is 6.39 Å². The number of anilines is 1. The lowest BCUT2D eigenvalue weighted by Gasteiger charge is -2.09. The number of hydrogen-bond donors (Lipinski definition) is 1. The number of nitrogens with zero attached hydrogens (tertiary/aromatic N) is 4. The van der Waals surface area contributed by atoms with Crippen molar-refractivity contribution in [2.45, 2.75) is 0 Å². The molecule has 0 aliphatic heterocycles. The van der Waals surface area contributed by atoms with Gasteiger partial charge in [-0.05, 0) is 24.3 Å². The first-order valence-corrected chi connectivity index (χ1v) is 8.44. The lowest BCUT2D eigenvalue weighted by Crippen LogP contribution is -2.18. The van der Waals surface area contributed by atoms with Crippen molar-refractivity contribution >= 4 is 11.6 Å². The molecule has 156 valence electrons. The number of carbonyl (C=O) groups is 1. The van der Waals surface area contributed by atoms with Gasteiger partial charge in [-0.25, -0.2) is 22.5 Å². The third kappa shape index (κ3) is 4.17. The van der Waals surface area contributed by atoms with Crippen molar-refractivity contribution in [3.05, 3.63) is 77.8 Å². The van der Waals surface area contributed by atoms with E-state index in [2.05, 4.69) is 29.9 Å². The molecule has 4 rings (SSSR count). The van der Waals surface area contributed by atoms with Gasteiger partial charge in [0.15, 0.2) is 23.3 Å². The SMILES string of the molecule is O=C(Nc1ccc(Oc2ccnc(-c3ncon3)n2)cc1)c1c(F)c(F)cc(F)c1F. The van der Waals surface area contributed by atoms with Crippen LogP contribution < -0.4 is 10.1 Å². The number of ether oxygens (including phenoxy) is 1. The molecule has 0 atom stereocenters. The van der Waals surface area contributed by atoms with E-state index in [1.807, 2.05) is 0 Å². The number of benzene rings is 2. The minimum Gasteiger partial charge on any atom is -0.439 e. The number of hydrogen-bond acceptors (Lipinski definition) is 7. The molecule has 2 heterocycles. The molecule has 1 N–H and O–H groups in total. The molecule has 8 nitrogen and oxygen atoms in total. The Morgan fingerprint density at radius 3 is 2.29 bits per heavy atom. The molecule has 0 aliphatic rings. The summed E-state index contributed by atoms with van der Waals surface area (Å²) in [6, 6.07) is 7.03. The lowest BCUT2D eigenvalue weighted by molar-refractivity contribution is 0.101. The van der Waals surface area contributed by atoms with Crippen LogP contribution in [-0.4, -0.2) is 26.0 Å². The molecule has 0 unspecified atom stereocenters. The maximum atomic E-state index is 13.7. The van der Waals surface area contributed by atoms with Crippen LogP contribution in [0.2, 0.25) is 0 Å². The molecule has 12 heteroatoms. The van der Waals surface area contributed by atoms with E-state index in [4.69, 9.17) is 4.74 Å². The first-order valence-electron chi connectivity index (χ1n) is 8.44. The Kier molecular flexibility index (Phi) is 5.26. The highest BCUT2D eigenvalue weighted by atomic mass is 19.2. The Morgan fingerprint density at radius 2 is 1.65 bits per heavy atom. The molecular formula is C19H9F4N5O3. The summed E-state index contributed by atoms with van der Waals surface area (Å²) in [5.74, 6) is -7.53. The second-order valence-corrected chi connectivity index (χ2v) is 5.90. The van der Waals surface area contributed by atoms with Crippen molar-refractivity contribution < 1.29 is 31.6 Å². The molecule has 0 saturated heterocycles. The lowest BCUT2D eigenvalue weighted by atomic mass is 10.1. The zero-order valence-corrected chi connectivity index (χ0v) is 15.1. The highest BCUT2D eigenvalue weighted by molar-refractivity contribution is 6.04. The summed E-state index contributed by atoms with van der Waals surface area (Å²) >= 11 is 0. The standard InChI is InChI=1S/C19H9F4N5O3/c20-11-7-12(21)16(23)14(15(11)22)19(29)26-9-1-3-10(4-2-9)31-13-5-6-24-17(27-13)18-25-8-30-28-18/h1-8H,(H,26,29). The normalized spacial score (nSPS) is 10.7. The second kappa shape index (κ2) is 8.18. The van der Waals surface area contributed by atoms with Gasteiger partial charge in [-0.2, -0.15) is 9.97 Å². The summed E-state index contributed by atoms with van der Waals surface area (Å²) in [7, 11) is 0. The topological polar surface area (TPSA) is 103 Å². The maximum absolute atomic E-state index is 13.7. The summed E-state index contributed by atoms with van der Waals surface area (Å²) in [5, 5.41) is 5.77. The van der Waals surface area contributed by atoms with Gasteiger partial charge >= 0.3 is 0 Å². The summed E-state index contributed by atoms with van der Waals surface area (Å²) in [5.41, 5.74) is -1.27. The van der Waals surface area contributed by atoms with E-state index in [1.165, 1.54) is 36.5 Å².